The number of nitrogens with zero attached hydrogens (tertiary/aromatic N) is 2. The average Bonchev–Trinajstić information content (AvgIpc) is 2.94. The third-order valence-corrected chi connectivity index (χ3v) is 4.39. The van der Waals surface area contributed by atoms with E-state index in [4.69, 9.17) is 17.3 Å². The van der Waals surface area contributed by atoms with E-state index in [1.807, 2.05) is 17.5 Å². The molecule has 3 nitrogen and oxygen atoms in total. The summed E-state index contributed by atoms with van der Waals surface area (Å²) in [6, 6.07) is 8.10. The van der Waals surface area contributed by atoms with Crippen LogP contribution in [-0.4, -0.2) is 9.78 Å². The van der Waals surface area contributed by atoms with Crippen molar-refractivity contribution in [3.05, 3.63) is 46.6 Å². The number of halogens is 2. The molecular weight excluding hydrogens is 297 g/mol. The largest absolute Gasteiger partial charge is 0.383 e. The SMILES string of the molecule is Cn1nc(-c2sccc2Cl)c(-c2cccc(F)c2)c1N. The van der Waals surface area contributed by atoms with Crippen molar-refractivity contribution in [2.24, 2.45) is 7.05 Å². The van der Waals surface area contributed by atoms with Crippen molar-refractivity contribution in [1.29, 1.82) is 0 Å². The maximum absolute atomic E-state index is 13.5. The van der Waals surface area contributed by atoms with Gasteiger partial charge >= 0.3 is 0 Å². The summed E-state index contributed by atoms with van der Waals surface area (Å²) < 4.78 is 15.0. The van der Waals surface area contributed by atoms with E-state index in [9.17, 15) is 4.39 Å². The smallest absolute Gasteiger partial charge is 0.129 e. The molecule has 2 heterocycles. The predicted octanol–water partition coefficient (Wildman–Crippen LogP) is 4.19. The van der Waals surface area contributed by atoms with E-state index in [-0.39, 0.29) is 5.82 Å². The first-order chi connectivity index (χ1) is 9.58. The summed E-state index contributed by atoms with van der Waals surface area (Å²) in [7, 11) is 1.75. The normalized spacial score (nSPS) is 10.9. The zero-order valence-corrected chi connectivity index (χ0v) is 12.2. The van der Waals surface area contributed by atoms with Gasteiger partial charge < -0.3 is 5.73 Å². The fraction of sp³-hybridized carbons (Fsp3) is 0.0714. The number of nitrogen functional groups attached to an aromatic ring is 1. The van der Waals surface area contributed by atoms with Crippen molar-refractivity contribution in [3.8, 4) is 21.7 Å². The Hall–Kier alpha value is -1.85. The number of anilines is 1. The fourth-order valence-electron chi connectivity index (χ4n) is 2.09. The van der Waals surface area contributed by atoms with Gasteiger partial charge in [0.15, 0.2) is 0 Å². The molecule has 0 aliphatic heterocycles. The molecule has 0 aliphatic rings. The molecule has 0 unspecified atom stereocenters. The maximum atomic E-state index is 13.5. The lowest BCUT2D eigenvalue weighted by Gasteiger charge is -2.03. The van der Waals surface area contributed by atoms with E-state index in [2.05, 4.69) is 5.10 Å². The quantitative estimate of drug-likeness (QED) is 0.771. The summed E-state index contributed by atoms with van der Waals surface area (Å²) in [5.74, 6) is 0.170. The standard InChI is InChI=1S/C14H11ClFN3S/c1-19-14(17)11(8-3-2-4-9(16)7-8)12(18-19)13-10(15)5-6-20-13/h2-7H,17H2,1H3. The van der Waals surface area contributed by atoms with Crippen LogP contribution in [-0.2, 0) is 7.05 Å². The van der Waals surface area contributed by atoms with Gasteiger partial charge in [0.2, 0.25) is 0 Å². The van der Waals surface area contributed by atoms with Crippen molar-refractivity contribution >= 4 is 28.8 Å². The molecular formula is C14H11ClFN3S. The number of hydrogen-bond acceptors (Lipinski definition) is 3. The molecule has 0 spiro atoms. The third kappa shape index (κ3) is 2.09. The monoisotopic (exact) mass is 307 g/mol. The van der Waals surface area contributed by atoms with E-state index in [1.165, 1.54) is 23.5 Å². The molecule has 0 aliphatic carbocycles. The van der Waals surface area contributed by atoms with Crippen LogP contribution in [0.2, 0.25) is 5.02 Å². The van der Waals surface area contributed by atoms with Gasteiger partial charge in [0.05, 0.1) is 15.5 Å². The highest BCUT2D eigenvalue weighted by Crippen LogP contribution is 2.41. The third-order valence-electron chi connectivity index (χ3n) is 3.04. The minimum Gasteiger partial charge on any atom is -0.383 e. The Bertz CT molecular complexity index is 779. The summed E-state index contributed by atoms with van der Waals surface area (Å²) in [5, 5.41) is 6.92. The predicted molar refractivity (Wildman–Crippen MR) is 81.3 cm³/mol. The number of benzene rings is 1. The van der Waals surface area contributed by atoms with E-state index in [0.29, 0.717) is 27.7 Å². The molecule has 0 bridgehead atoms. The first-order valence-corrected chi connectivity index (χ1v) is 7.15. The maximum Gasteiger partial charge on any atom is 0.129 e. The van der Waals surface area contributed by atoms with Crippen LogP contribution in [0.4, 0.5) is 10.2 Å². The molecule has 0 amide bonds. The molecule has 2 N–H and O–H groups in total. The number of aryl methyl sites for hydroxylation is 1. The van der Waals surface area contributed by atoms with Crippen LogP contribution in [0.25, 0.3) is 21.7 Å². The van der Waals surface area contributed by atoms with Crippen LogP contribution in [0.3, 0.4) is 0 Å². The summed E-state index contributed by atoms with van der Waals surface area (Å²) in [6.45, 7) is 0. The Morgan fingerprint density at radius 1 is 1.35 bits per heavy atom. The van der Waals surface area contributed by atoms with E-state index in [1.54, 1.807) is 17.8 Å². The lowest BCUT2D eigenvalue weighted by atomic mass is 10.0. The lowest BCUT2D eigenvalue weighted by Crippen LogP contribution is -1.98. The van der Waals surface area contributed by atoms with Crippen LogP contribution >= 0.6 is 22.9 Å². The number of aromatic nitrogens is 2. The Kier molecular flexibility index (Phi) is 3.23. The van der Waals surface area contributed by atoms with Crippen molar-refractivity contribution in [1.82, 2.24) is 9.78 Å². The van der Waals surface area contributed by atoms with Crippen molar-refractivity contribution in [2.75, 3.05) is 5.73 Å². The van der Waals surface area contributed by atoms with Gasteiger partial charge in [0.1, 0.15) is 17.3 Å². The molecule has 0 radical (unpaired) electrons. The van der Waals surface area contributed by atoms with Gasteiger partial charge in [-0.1, -0.05) is 23.7 Å². The van der Waals surface area contributed by atoms with E-state index < -0.39 is 0 Å². The van der Waals surface area contributed by atoms with Gasteiger partial charge in [-0.3, -0.25) is 4.68 Å². The molecule has 0 saturated carbocycles. The van der Waals surface area contributed by atoms with Gasteiger partial charge in [-0.2, -0.15) is 5.10 Å². The summed E-state index contributed by atoms with van der Waals surface area (Å²) in [5.41, 5.74) is 8.15. The van der Waals surface area contributed by atoms with Crippen molar-refractivity contribution in [3.63, 3.8) is 0 Å². The van der Waals surface area contributed by atoms with Crippen LogP contribution < -0.4 is 5.73 Å². The second-order valence-corrected chi connectivity index (χ2v) is 5.66. The van der Waals surface area contributed by atoms with Crippen molar-refractivity contribution in [2.45, 2.75) is 0 Å². The minimum absolute atomic E-state index is 0.311. The summed E-state index contributed by atoms with van der Waals surface area (Å²) in [6.07, 6.45) is 0. The number of thiophene rings is 1. The highest BCUT2D eigenvalue weighted by atomic mass is 35.5. The van der Waals surface area contributed by atoms with Crippen LogP contribution in [0, 0.1) is 5.82 Å². The van der Waals surface area contributed by atoms with E-state index >= 15 is 0 Å². The van der Waals surface area contributed by atoms with Gasteiger partial charge in [0, 0.05) is 7.05 Å². The second-order valence-electron chi connectivity index (χ2n) is 4.34. The van der Waals surface area contributed by atoms with Gasteiger partial charge in [-0.25, -0.2) is 4.39 Å². The van der Waals surface area contributed by atoms with Gasteiger partial charge in [-0.05, 0) is 29.1 Å². The molecule has 102 valence electrons. The molecule has 0 atom stereocenters. The number of hydrogen-bond donors (Lipinski definition) is 1. The zero-order valence-electron chi connectivity index (χ0n) is 10.6. The number of nitrogens with two attached hydrogens (primary N) is 1. The molecule has 3 aromatic rings. The van der Waals surface area contributed by atoms with Crippen molar-refractivity contribution < 1.29 is 4.39 Å². The zero-order chi connectivity index (χ0) is 14.3. The molecule has 1 aromatic carbocycles. The van der Waals surface area contributed by atoms with Crippen LogP contribution in [0.1, 0.15) is 0 Å². The Labute approximate surface area is 124 Å². The van der Waals surface area contributed by atoms with Crippen LogP contribution in [0.15, 0.2) is 35.7 Å². The first-order valence-electron chi connectivity index (χ1n) is 5.89. The summed E-state index contributed by atoms with van der Waals surface area (Å²) in [4.78, 5) is 0.832. The van der Waals surface area contributed by atoms with E-state index in [0.717, 1.165) is 4.88 Å². The molecule has 3 rings (SSSR count). The second kappa shape index (κ2) is 4.92. The number of rotatable bonds is 2. The molecule has 20 heavy (non-hydrogen) atoms. The van der Waals surface area contributed by atoms with Gasteiger partial charge in [0.25, 0.3) is 0 Å². The molecule has 2 aromatic heterocycles. The Morgan fingerprint density at radius 3 is 2.80 bits per heavy atom. The van der Waals surface area contributed by atoms with Gasteiger partial charge in [-0.15, -0.1) is 11.3 Å². The topological polar surface area (TPSA) is 43.8 Å². The molecule has 6 heteroatoms. The average molecular weight is 308 g/mol. The first kappa shape index (κ1) is 13.1. The highest BCUT2D eigenvalue weighted by molar-refractivity contribution is 7.14. The molecule has 0 fully saturated rings. The Balaban J connectivity index is 2.28. The molecule has 0 saturated heterocycles. The Morgan fingerprint density at radius 2 is 2.15 bits per heavy atom. The summed E-state index contributed by atoms with van der Waals surface area (Å²) >= 11 is 7.65. The minimum atomic E-state index is -0.311. The highest BCUT2D eigenvalue weighted by Gasteiger charge is 2.20. The fourth-order valence-corrected chi connectivity index (χ4v) is 3.22. The van der Waals surface area contributed by atoms with Crippen LogP contribution in [0.5, 0.6) is 0 Å². The lowest BCUT2D eigenvalue weighted by molar-refractivity contribution is 0.628.